The highest BCUT2D eigenvalue weighted by atomic mass is 14.8. The molecule has 0 amide bonds. The third kappa shape index (κ3) is 4.19. The van der Waals surface area contributed by atoms with E-state index in [0.29, 0.717) is 12.0 Å². The minimum Gasteiger partial charge on any atom is -0.291 e. The van der Waals surface area contributed by atoms with E-state index >= 15 is 0 Å². The van der Waals surface area contributed by atoms with Gasteiger partial charge in [-0.3, -0.25) is 4.99 Å². The molecule has 0 aliphatic carbocycles. The molecule has 0 aliphatic heterocycles. The molecule has 0 aliphatic rings. The number of hydrogen-bond acceptors (Lipinski definition) is 1. The number of aliphatic imine (C=N–C) groups is 1. The van der Waals surface area contributed by atoms with Gasteiger partial charge in [-0.25, -0.2) is 0 Å². The molecule has 0 heterocycles. The van der Waals surface area contributed by atoms with E-state index in [1.807, 2.05) is 0 Å². The molecule has 1 heteroatoms. The number of rotatable bonds is 2. The quantitative estimate of drug-likeness (QED) is 0.505. The van der Waals surface area contributed by atoms with Crippen molar-refractivity contribution in [3.8, 4) is 0 Å². The molecule has 0 saturated carbocycles. The van der Waals surface area contributed by atoms with E-state index in [0.717, 1.165) is 0 Å². The lowest BCUT2D eigenvalue weighted by Gasteiger charge is -2.05. The van der Waals surface area contributed by atoms with Crippen LogP contribution in [0.25, 0.3) is 0 Å². The van der Waals surface area contributed by atoms with Crippen LogP contribution in [0.1, 0.15) is 34.6 Å². The molecule has 1 nitrogen and oxygen atoms in total. The molecule has 0 aromatic carbocycles. The van der Waals surface area contributed by atoms with Crippen molar-refractivity contribution in [2.24, 2.45) is 10.9 Å². The molecule has 54 valence electrons. The van der Waals surface area contributed by atoms with Crippen molar-refractivity contribution in [2.45, 2.75) is 40.7 Å². The summed E-state index contributed by atoms with van der Waals surface area (Å²) >= 11 is 0. The zero-order chi connectivity index (χ0) is 7.44. The van der Waals surface area contributed by atoms with Crippen molar-refractivity contribution in [1.82, 2.24) is 0 Å². The van der Waals surface area contributed by atoms with Crippen molar-refractivity contribution in [1.29, 1.82) is 0 Å². The van der Waals surface area contributed by atoms with Crippen LogP contribution in [-0.4, -0.2) is 11.8 Å². The minimum atomic E-state index is 0.451. The smallest absolute Gasteiger partial charge is 0.0442 e. The molecule has 0 aromatic rings. The van der Waals surface area contributed by atoms with E-state index in [1.165, 1.54) is 5.71 Å². The molecule has 0 aromatic heterocycles. The zero-order valence-electron chi connectivity index (χ0n) is 7.10. The largest absolute Gasteiger partial charge is 0.291 e. The highest BCUT2D eigenvalue weighted by Gasteiger charge is 1.97. The van der Waals surface area contributed by atoms with Crippen LogP contribution < -0.4 is 0 Å². The van der Waals surface area contributed by atoms with E-state index in [9.17, 15) is 0 Å². The molecule has 0 N–H and O–H groups in total. The highest BCUT2D eigenvalue weighted by Crippen LogP contribution is 1.98. The van der Waals surface area contributed by atoms with Crippen molar-refractivity contribution in [3.05, 3.63) is 0 Å². The molecular weight excluding hydrogens is 110 g/mol. The van der Waals surface area contributed by atoms with Crippen LogP contribution in [0.5, 0.6) is 0 Å². The summed E-state index contributed by atoms with van der Waals surface area (Å²) < 4.78 is 0. The van der Waals surface area contributed by atoms with Crippen LogP contribution in [0, 0.1) is 5.92 Å². The topological polar surface area (TPSA) is 12.4 Å². The lowest BCUT2D eigenvalue weighted by Crippen LogP contribution is -2.05. The number of hydrogen-bond donors (Lipinski definition) is 0. The fourth-order valence-corrected chi connectivity index (χ4v) is 0.556. The Labute approximate surface area is 58.2 Å². The van der Waals surface area contributed by atoms with E-state index in [4.69, 9.17) is 0 Å². The van der Waals surface area contributed by atoms with Gasteiger partial charge in [0.05, 0.1) is 0 Å². The summed E-state index contributed by atoms with van der Waals surface area (Å²) in [5, 5.41) is 0. The Bertz CT molecular complexity index is 101. The lowest BCUT2D eigenvalue weighted by molar-refractivity contribution is 0.794. The Morgan fingerprint density at radius 1 is 1.11 bits per heavy atom. The highest BCUT2D eigenvalue weighted by molar-refractivity contribution is 5.83. The monoisotopic (exact) mass is 127 g/mol. The van der Waals surface area contributed by atoms with Gasteiger partial charge < -0.3 is 0 Å². The molecule has 0 spiro atoms. The second-order valence-electron chi connectivity index (χ2n) is 3.02. The normalized spacial score (nSPS) is 13.4. The molecule has 0 unspecified atom stereocenters. The average Bonchev–Trinajstić information content (AvgIpc) is 1.63. The van der Waals surface area contributed by atoms with Gasteiger partial charge in [-0.2, -0.15) is 0 Å². The predicted molar refractivity (Wildman–Crippen MR) is 43.1 cm³/mol. The maximum Gasteiger partial charge on any atom is 0.0442 e. The van der Waals surface area contributed by atoms with Gasteiger partial charge >= 0.3 is 0 Å². The van der Waals surface area contributed by atoms with Crippen LogP contribution in [0.2, 0.25) is 0 Å². The van der Waals surface area contributed by atoms with Crippen molar-refractivity contribution >= 4 is 5.71 Å². The maximum atomic E-state index is 4.39. The maximum absolute atomic E-state index is 4.39. The first-order valence-electron chi connectivity index (χ1n) is 3.58. The fraction of sp³-hybridized carbons (Fsp3) is 0.875. The average molecular weight is 127 g/mol. The summed E-state index contributed by atoms with van der Waals surface area (Å²) in [5.74, 6) is 0.604. The van der Waals surface area contributed by atoms with E-state index < -0.39 is 0 Å². The Morgan fingerprint density at radius 2 is 1.56 bits per heavy atom. The van der Waals surface area contributed by atoms with E-state index in [1.54, 1.807) is 0 Å². The van der Waals surface area contributed by atoms with E-state index in [-0.39, 0.29) is 0 Å². The van der Waals surface area contributed by atoms with Gasteiger partial charge in [0.25, 0.3) is 0 Å². The molecule has 0 atom stereocenters. The van der Waals surface area contributed by atoms with Gasteiger partial charge in [0.15, 0.2) is 0 Å². The van der Waals surface area contributed by atoms with Gasteiger partial charge in [-0.05, 0) is 26.7 Å². The summed E-state index contributed by atoms with van der Waals surface area (Å²) in [7, 11) is 0. The minimum absolute atomic E-state index is 0.451. The van der Waals surface area contributed by atoms with Crippen molar-refractivity contribution in [2.75, 3.05) is 0 Å². The summed E-state index contributed by atoms with van der Waals surface area (Å²) in [6.45, 7) is 10.6. The first kappa shape index (κ1) is 8.67. The van der Waals surface area contributed by atoms with Crippen LogP contribution in [0.15, 0.2) is 4.99 Å². The standard InChI is InChI=1S/C8H17N/c1-6(2)8(5)9-7(3)4/h6-7H,1-5H3. The summed E-state index contributed by atoms with van der Waals surface area (Å²) in [4.78, 5) is 4.39. The Morgan fingerprint density at radius 3 is 1.67 bits per heavy atom. The first-order valence-corrected chi connectivity index (χ1v) is 3.58. The molecule has 0 bridgehead atoms. The molecule has 0 radical (unpaired) electrons. The molecule has 9 heavy (non-hydrogen) atoms. The zero-order valence-corrected chi connectivity index (χ0v) is 7.10. The second-order valence-corrected chi connectivity index (χ2v) is 3.02. The van der Waals surface area contributed by atoms with Gasteiger partial charge in [-0.15, -0.1) is 0 Å². The van der Waals surface area contributed by atoms with Gasteiger partial charge in [0.1, 0.15) is 0 Å². The summed E-state index contributed by atoms with van der Waals surface area (Å²) in [6, 6.07) is 0.451. The third-order valence-electron chi connectivity index (χ3n) is 1.30. The molecule has 0 rings (SSSR count). The van der Waals surface area contributed by atoms with Gasteiger partial charge in [0, 0.05) is 11.8 Å². The third-order valence-corrected chi connectivity index (χ3v) is 1.30. The van der Waals surface area contributed by atoms with Gasteiger partial charge in [-0.1, -0.05) is 13.8 Å². The predicted octanol–water partition coefficient (Wildman–Crippen LogP) is 2.51. The summed E-state index contributed by atoms with van der Waals surface area (Å²) in [6.07, 6.45) is 0. The first-order chi connectivity index (χ1) is 4.04. The Balaban J connectivity index is 3.84. The van der Waals surface area contributed by atoms with Crippen LogP contribution in [0.3, 0.4) is 0 Å². The SMILES string of the molecule is CC(=NC(C)C)C(C)C. The van der Waals surface area contributed by atoms with Crippen LogP contribution in [0.4, 0.5) is 0 Å². The van der Waals surface area contributed by atoms with Crippen molar-refractivity contribution in [3.63, 3.8) is 0 Å². The second kappa shape index (κ2) is 3.65. The lowest BCUT2D eigenvalue weighted by atomic mass is 10.1. The van der Waals surface area contributed by atoms with Crippen molar-refractivity contribution < 1.29 is 0 Å². The Kier molecular flexibility index (Phi) is 3.52. The molecule has 0 saturated heterocycles. The molecular formula is C8H17N. The Hall–Kier alpha value is -0.330. The number of nitrogens with zero attached hydrogens (tertiary/aromatic N) is 1. The van der Waals surface area contributed by atoms with Gasteiger partial charge in [0.2, 0.25) is 0 Å². The van der Waals surface area contributed by atoms with Crippen LogP contribution in [-0.2, 0) is 0 Å². The molecule has 0 fully saturated rings. The van der Waals surface area contributed by atoms with Crippen LogP contribution >= 0.6 is 0 Å². The fourth-order valence-electron chi connectivity index (χ4n) is 0.556. The van der Waals surface area contributed by atoms with E-state index in [2.05, 4.69) is 39.6 Å². The summed E-state index contributed by atoms with van der Waals surface area (Å²) in [5.41, 5.74) is 1.25.